The molecule has 22 heavy (non-hydrogen) atoms. The van der Waals surface area contributed by atoms with Gasteiger partial charge in [0.05, 0.1) is 16.1 Å². The summed E-state index contributed by atoms with van der Waals surface area (Å²) in [4.78, 5) is 12.2. The smallest absolute Gasteiger partial charge is 0.206 e. The number of fused-ring (bicyclic) bond motifs is 1. The van der Waals surface area contributed by atoms with Crippen molar-refractivity contribution >= 4 is 33.6 Å². The predicted octanol–water partition coefficient (Wildman–Crippen LogP) is 3.99. The topological polar surface area (TPSA) is 48.7 Å². The summed E-state index contributed by atoms with van der Waals surface area (Å²) in [5.74, 6) is 1.06. The number of rotatable bonds is 4. The van der Waals surface area contributed by atoms with Crippen molar-refractivity contribution in [2.75, 3.05) is 7.11 Å². The SMILES string of the molecule is COc1cc2occ(I)c(=O)c2cc1OCc1ccccc1. The molecule has 0 aliphatic rings. The van der Waals surface area contributed by atoms with Gasteiger partial charge in [0, 0.05) is 6.07 Å². The molecular formula is C17H13IO4. The number of hydrogen-bond donors (Lipinski definition) is 0. The van der Waals surface area contributed by atoms with Crippen molar-refractivity contribution in [1.82, 2.24) is 0 Å². The molecule has 0 bridgehead atoms. The fourth-order valence-electron chi connectivity index (χ4n) is 2.12. The van der Waals surface area contributed by atoms with Gasteiger partial charge in [0.2, 0.25) is 5.43 Å². The van der Waals surface area contributed by atoms with Gasteiger partial charge in [-0.1, -0.05) is 30.3 Å². The van der Waals surface area contributed by atoms with Crippen LogP contribution in [0, 0.1) is 3.57 Å². The van der Waals surface area contributed by atoms with E-state index in [0.29, 0.717) is 32.6 Å². The summed E-state index contributed by atoms with van der Waals surface area (Å²) < 4.78 is 17.1. The molecule has 4 nitrogen and oxygen atoms in total. The molecule has 0 radical (unpaired) electrons. The van der Waals surface area contributed by atoms with E-state index in [2.05, 4.69) is 0 Å². The maximum atomic E-state index is 12.2. The van der Waals surface area contributed by atoms with E-state index < -0.39 is 0 Å². The van der Waals surface area contributed by atoms with Gasteiger partial charge in [-0.05, 0) is 34.2 Å². The maximum Gasteiger partial charge on any atom is 0.206 e. The molecule has 1 heterocycles. The van der Waals surface area contributed by atoms with Crippen molar-refractivity contribution in [3.63, 3.8) is 0 Å². The second-order valence-electron chi connectivity index (χ2n) is 4.69. The molecular weight excluding hydrogens is 395 g/mol. The first-order valence-corrected chi connectivity index (χ1v) is 7.72. The van der Waals surface area contributed by atoms with E-state index in [1.54, 1.807) is 19.2 Å². The van der Waals surface area contributed by atoms with Gasteiger partial charge in [-0.15, -0.1) is 0 Å². The summed E-state index contributed by atoms with van der Waals surface area (Å²) in [5, 5.41) is 0.482. The summed E-state index contributed by atoms with van der Waals surface area (Å²) in [6, 6.07) is 13.2. The van der Waals surface area contributed by atoms with Crippen molar-refractivity contribution in [2.24, 2.45) is 0 Å². The van der Waals surface area contributed by atoms with E-state index in [0.717, 1.165) is 5.56 Å². The molecule has 0 aliphatic carbocycles. The zero-order valence-corrected chi connectivity index (χ0v) is 14.0. The van der Waals surface area contributed by atoms with Crippen LogP contribution in [0.15, 0.2) is 57.9 Å². The molecule has 0 saturated carbocycles. The van der Waals surface area contributed by atoms with Crippen LogP contribution in [0.25, 0.3) is 11.0 Å². The molecule has 2 aromatic carbocycles. The number of hydrogen-bond acceptors (Lipinski definition) is 4. The van der Waals surface area contributed by atoms with Crippen LogP contribution in [0.4, 0.5) is 0 Å². The quantitative estimate of drug-likeness (QED) is 0.613. The number of halogens is 1. The Hall–Kier alpha value is -2.02. The van der Waals surface area contributed by atoms with Gasteiger partial charge in [0.1, 0.15) is 18.5 Å². The monoisotopic (exact) mass is 408 g/mol. The second kappa shape index (κ2) is 6.39. The van der Waals surface area contributed by atoms with Gasteiger partial charge in [-0.3, -0.25) is 4.79 Å². The van der Waals surface area contributed by atoms with Gasteiger partial charge in [0.15, 0.2) is 11.5 Å². The normalized spacial score (nSPS) is 10.6. The predicted molar refractivity (Wildman–Crippen MR) is 92.5 cm³/mol. The molecule has 0 atom stereocenters. The first-order chi connectivity index (χ1) is 10.7. The Morgan fingerprint density at radius 1 is 1.14 bits per heavy atom. The van der Waals surface area contributed by atoms with Crippen molar-refractivity contribution < 1.29 is 13.9 Å². The minimum Gasteiger partial charge on any atom is -0.493 e. The van der Waals surface area contributed by atoms with Gasteiger partial charge in [0.25, 0.3) is 0 Å². The number of benzene rings is 2. The zero-order valence-electron chi connectivity index (χ0n) is 11.8. The molecule has 0 saturated heterocycles. The molecule has 0 amide bonds. The third-order valence-corrected chi connectivity index (χ3v) is 4.00. The van der Waals surface area contributed by atoms with E-state index in [9.17, 15) is 4.79 Å². The van der Waals surface area contributed by atoms with Crippen molar-refractivity contribution in [3.8, 4) is 11.5 Å². The Morgan fingerprint density at radius 2 is 1.91 bits per heavy atom. The van der Waals surface area contributed by atoms with Gasteiger partial charge in [-0.2, -0.15) is 0 Å². The third kappa shape index (κ3) is 2.94. The molecule has 0 aliphatic heterocycles. The van der Waals surface area contributed by atoms with Crippen LogP contribution < -0.4 is 14.9 Å². The average molecular weight is 408 g/mol. The van der Waals surface area contributed by atoms with E-state index in [1.807, 2.05) is 52.9 Å². The lowest BCUT2D eigenvalue weighted by molar-refractivity contribution is 0.285. The molecule has 5 heteroatoms. The van der Waals surface area contributed by atoms with Gasteiger partial charge in [-0.25, -0.2) is 0 Å². The van der Waals surface area contributed by atoms with E-state index in [1.165, 1.54) is 6.26 Å². The Morgan fingerprint density at radius 3 is 2.64 bits per heavy atom. The second-order valence-corrected chi connectivity index (χ2v) is 5.85. The van der Waals surface area contributed by atoms with Crippen molar-refractivity contribution in [2.45, 2.75) is 6.61 Å². The Bertz CT molecular complexity index is 856. The van der Waals surface area contributed by atoms with Crippen LogP contribution in [-0.4, -0.2) is 7.11 Å². The number of methoxy groups -OCH3 is 1. The fraction of sp³-hybridized carbons (Fsp3) is 0.118. The van der Waals surface area contributed by atoms with E-state index in [4.69, 9.17) is 13.9 Å². The van der Waals surface area contributed by atoms with Crippen molar-refractivity contribution in [3.05, 3.63) is 68.1 Å². The lowest BCUT2D eigenvalue weighted by atomic mass is 10.2. The molecule has 3 aromatic rings. The van der Waals surface area contributed by atoms with Gasteiger partial charge < -0.3 is 13.9 Å². The maximum absolute atomic E-state index is 12.2. The minimum atomic E-state index is -0.0749. The molecule has 0 N–H and O–H groups in total. The van der Waals surface area contributed by atoms with Crippen LogP contribution in [0.1, 0.15) is 5.56 Å². The van der Waals surface area contributed by atoms with Crippen LogP contribution >= 0.6 is 22.6 Å². The fourth-order valence-corrected chi connectivity index (χ4v) is 2.54. The van der Waals surface area contributed by atoms with Gasteiger partial charge >= 0.3 is 0 Å². The minimum absolute atomic E-state index is 0.0749. The summed E-state index contributed by atoms with van der Waals surface area (Å²) in [5.41, 5.74) is 1.45. The number of ether oxygens (including phenoxy) is 2. The molecule has 3 rings (SSSR count). The Kier molecular flexibility index (Phi) is 4.33. The zero-order chi connectivity index (χ0) is 15.5. The first-order valence-electron chi connectivity index (χ1n) is 6.65. The van der Waals surface area contributed by atoms with Crippen molar-refractivity contribution in [1.29, 1.82) is 0 Å². The molecule has 112 valence electrons. The molecule has 1 aromatic heterocycles. The Labute approximate surface area is 140 Å². The van der Waals surface area contributed by atoms with Crippen LogP contribution in [0.3, 0.4) is 0 Å². The van der Waals surface area contributed by atoms with Crippen LogP contribution in [0.5, 0.6) is 11.5 Å². The van der Waals surface area contributed by atoms with E-state index in [-0.39, 0.29) is 5.43 Å². The first kappa shape index (κ1) is 14.9. The average Bonchev–Trinajstić information content (AvgIpc) is 2.57. The summed E-state index contributed by atoms with van der Waals surface area (Å²) in [7, 11) is 1.56. The third-order valence-electron chi connectivity index (χ3n) is 3.25. The lowest BCUT2D eigenvalue weighted by Crippen LogP contribution is -2.06. The highest BCUT2D eigenvalue weighted by atomic mass is 127. The molecule has 0 fully saturated rings. The van der Waals surface area contributed by atoms with Crippen LogP contribution in [-0.2, 0) is 6.61 Å². The summed E-state index contributed by atoms with van der Waals surface area (Å²) in [6.45, 7) is 0.401. The lowest BCUT2D eigenvalue weighted by Gasteiger charge is -2.11. The summed E-state index contributed by atoms with van der Waals surface area (Å²) in [6.07, 6.45) is 1.44. The van der Waals surface area contributed by atoms with Crippen LogP contribution in [0.2, 0.25) is 0 Å². The van der Waals surface area contributed by atoms with E-state index >= 15 is 0 Å². The highest BCUT2D eigenvalue weighted by molar-refractivity contribution is 14.1. The summed E-state index contributed by atoms with van der Waals surface area (Å²) >= 11 is 1.95. The standard InChI is InChI=1S/C17H13IO4/c1-20-15-8-14-12(17(19)13(18)10-22-14)7-16(15)21-9-11-5-3-2-4-6-11/h2-8,10H,9H2,1H3. The largest absolute Gasteiger partial charge is 0.493 e. The molecule has 0 unspecified atom stereocenters. The highest BCUT2D eigenvalue weighted by Gasteiger charge is 2.12. The molecule has 0 spiro atoms. The Balaban J connectivity index is 2.00. The highest BCUT2D eigenvalue weighted by Crippen LogP contribution is 2.32.